The maximum Gasteiger partial charge on any atom is 0.514 e. The van der Waals surface area contributed by atoms with E-state index in [1.54, 1.807) is 26.8 Å². The molecule has 1 aromatic rings. The van der Waals surface area contributed by atoms with Crippen molar-refractivity contribution < 1.29 is 52.3 Å². The van der Waals surface area contributed by atoms with Gasteiger partial charge in [0.15, 0.2) is 11.5 Å². The first-order valence-electron chi connectivity index (χ1n) is 15.2. The highest BCUT2D eigenvalue weighted by Gasteiger charge is 2.24. The molecule has 1 saturated carbocycles. The zero-order valence-corrected chi connectivity index (χ0v) is 26.0. The van der Waals surface area contributed by atoms with E-state index < -0.39 is 36.6 Å². The van der Waals surface area contributed by atoms with Crippen LogP contribution in [-0.2, 0) is 34.9 Å². The highest BCUT2D eigenvalue weighted by Crippen LogP contribution is 2.30. The van der Waals surface area contributed by atoms with Crippen LogP contribution in [-0.4, -0.2) is 61.5 Å². The Bertz CT molecular complexity index is 1040. The third-order valence-corrected chi connectivity index (χ3v) is 6.71. The predicted octanol–water partition coefficient (Wildman–Crippen LogP) is 6.38. The first kappa shape index (κ1) is 35.7. The smallest absolute Gasteiger partial charge is 0.458 e. The van der Waals surface area contributed by atoms with E-state index in [0.717, 1.165) is 44.9 Å². The number of hydrogen-bond acceptors (Lipinski definition) is 12. The van der Waals surface area contributed by atoms with E-state index in [0.29, 0.717) is 18.4 Å². The minimum Gasteiger partial charge on any atom is -0.458 e. The van der Waals surface area contributed by atoms with Crippen molar-refractivity contribution in [2.24, 2.45) is 5.73 Å². The highest BCUT2D eigenvalue weighted by molar-refractivity contribution is 5.76. The maximum absolute atomic E-state index is 12.6. The number of ether oxygens (including phenoxy) is 7. The van der Waals surface area contributed by atoms with Crippen molar-refractivity contribution in [1.29, 1.82) is 0 Å². The molecule has 0 aliphatic heterocycles. The quantitative estimate of drug-likeness (QED) is 0.133. The third kappa shape index (κ3) is 14.0. The summed E-state index contributed by atoms with van der Waals surface area (Å²) in [5.41, 5.74) is 6.58. The monoisotopic (exact) mass is 609 g/mol. The number of hydrogen-bond donors (Lipinski definition) is 1. The summed E-state index contributed by atoms with van der Waals surface area (Å²) in [4.78, 5) is 49.3. The molecule has 0 radical (unpaired) electrons. The summed E-state index contributed by atoms with van der Waals surface area (Å²) in [7, 11) is 0. The van der Waals surface area contributed by atoms with Crippen LogP contribution >= 0.6 is 0 Å². The second kappa shape index (κ2) is 18.9. The van der Waals surface area contributed by atoms with E-state index in [1.807, 2.05) is 13.8 Å². The van der Waals surface area contributed by atoms with E-state index >= 15 is 0 Å². The van der Waals surface area contributed by atoms with Crippen molar-refractivity contribution >= 4 is 24.4 Å². The van der Waals surface area contributed by atoms with E-state index in [-0.39, 0.29) is 42.8 Å². The van der Waals surface area contributed by atoms with Gasteiger partial charge in [0.1, 0.15) is 37.1 Å². The fraction of sp³-hybridized carbons (Fsp3) is 0.677. The molecule has 0 aromatic heterocycles. The van der Waals surface area contributed by atoms with Crippen molar-refractivity contribution in [2.45, 2.75) is 129 Å². The van der Waals surface area contributed by atoms with Crippen molar-refractivity contribution in [1.82, 2.24) is 0 Å². The molecule has 0 spiro atoms. The Balaban J connectivity index is 1.99. The van der Waals surface area contributed by atoms with Gasteiger partial charge in [-0.2, -0.15) is 0 Å². The molecular weight excluding hydrogens is 562 g/mol. The van der Waals surface area contributed by atoms with Crippen LogP contribution < -0.4 is 15.2 Å². The number of carbonyl (C=O) groups excluding carboxylic acids is 4. The van der Waals surface area contributed by atoms with Gasteiger partial charge in [0, 0.05) is 0 Å². The third-order valence-electron chi connectivity index (χ3n) is 6.71. The Labute approximate surface area is 253 Å². The van der Waals surface area contributed by atoms with E-state index in [9.17, 15) is 19.2 Å². The summed E-state index contributed by atoms with van der Waals surface area (Å²) < 4.78 is 36.9. The lowest BCUT2D eigenvalue weighted by molar-refractivity contribution is -0.152. The van der Waals surface area contributed by atoms with Crippen LogP contribution in [0.3, 0.4) is 0 Å². The van der Waals surface area contributed by atoms with Gasteiger partial charge in [-0.05, 0) is 83.4 Å². The topological polar surface area (TPSA) is 159 Å². The lowest BCUT2D eigenvalue weighted by Gasteiger charge is -2.22. The fourth-order valence-electron chi connectivity index (χ4n) is 4.53. The maximum atomic E-state index is 12.6. The minimum atomic E-state index is -1.09. The zero-order valence-electron chi connectivity index (χ0n) is 26.0. The summed E-state index contributed by atoms with van der Waals surface area (Å²) in [5.74, 6) is -0.898. The molecule has 0 bridgehead atoms. The van der Waals surface area contributed by atoms with Gasteiger partial charge in [-0.3, -0.25) is 4.79 Å². The van der Waals surface area contributed by atoms with Gasteiger partial charge in [0.05, 0.1) is 0 Å². The second-order valence-corrected chi connectivity index (χ2v) is 10.9. The standard InChI is InChI=1S/C31H47NO11/c1-6-11-20(3)39-30(35)42-26-16-15-23(18-27(26)43-31(36)40-21(4)12-7-2)17-25(32)28(33)38-22(5)19-37-29(34)41-24-13-9-8-10-14-24/h15-16,18,20-22,24-25H,6-14,17,19,32H2,1-5H3/t20?,21?,22-,25-/m0/s1. The molecule has 1 fully saturated rings. The summed E-state index contributed by atoms with van der Waals surface area (Å²) in [6.07, 6.45) is 3.36. The summed E-state index contributed by atoms with van der Waals surface area (Å²) in [6, 6.07) is 3.31. The van der Waals surface area contributed by atoms with Crippen LogP contribution in [0, 0.1) is 0 Å². The SMILES string of the molecule is CCCC(C)OC(=O)Oc1ccc(C[C@H](N)C(=O)O[C@@H](C)COC(=O)OC2CCCCC2)cc1OC(=O)OC(C)CCC. The summed E-state index contributed by atoms with van der Waals surface area (Å²) in [6.45, 7) is 8.79. The zero-order chi connectivity index (χ0) is 31.8. The average molecular weight is 610 g/mol. The Hall–Kier alpha value is -3.54. The van der Waals surface area contributed by atoms with Gasteiger partial charge < -0.3 is 38.9 Å². The normalized spacial score (nSPS) is 16.1. The Morgan fingerprint density at radius 3 is 1.95 bits per heavy atom. The predicted molar refractivity (Wildman–Crippen MR) is 156 cm³/mol. The van der Waals surface area contributed by atoms with Crippen LogP contribution in [0.4, 0.5) is 14.4 Å². The largest absolute Gasteiger partial charge is 0.514 e. The first-order valence-corrected chi connectivity index (χ1v) is 15.2. The molecule has 2 N–H and O–H groups in total. The van der Waals surface area contributed by atoms with Gasteiger partial charge in [0.2, 0.25) is 0 Å². The van der Waals surface area contributed by atoms with Crippen molar-refractivity contribution in [3.05, 3.63) is 23.8 Å². The van der Waals surface area contributed by atoms with Gasteiger partial charge in [-0.1, -0.05) is 39.2 Å². The number of esters is 1. The Kier molecular flexibility index (Phi) is 15.7. The molecule has 0 heterocycles. The molecule has 1 aliphatic rings. The molecule has 1 aliphatic carbocycles. The van der Waals surface area contributed by atoms with Crippen LogP contribution in [0.25, 0.3) is 0 Å². The number of rotatable bonds is 15. The van der Waals surface area contributed by atoms with Crippen LogP contribution in [0.5, 0.6) is 11.5 Å². The average Bonchev–Trinajstić information content (AvgIpc) is 2.94. The van der Waals surface area contributed by atoms with Gasteiger partial charge in [-0.15, -0.1) is 0 Å². The highest BCUT2D eigenvalue weighted by atomic mass is 16.8. The fourth-order valence-corrected chi connectivity index (χ4v) is 4.53. The first-order chi connectivity index (χ1) is 20.5. The van der Waals surface area contributed by atoms with Crippen LogP contribution in [0.1, 0.15) is 98.0 Å². The molecular formula is C31H47NO11. The van der Waals surface area contributed by atoms with Crippen molar-refractivity contribution in [3.8, 4) is 11.5 Å². The van der Waals surface area contributed by atoms with Gasteiger partial charge in [0.25, 0.3) is 0 Å². The van der Waals surface area contributed by atoms with Crippen molar-refractivity contribution in [3.63, 3.8) is 0 Å². The molecule has 12 heteroatoms. The molecule has 0 amide bonds. The molecule has 0 saturated heterocycles. The Morgan fingerprint density at radius 1 is 0.791 bits per heavy atom. The van der Waals surface area contributed by atoms with Crippen molar-refractivity contribution in [2.75, 3.05) is 6.61 Å². The van der Waals surface area contributed by atoms with E-state index in [4.69, 9.17) is 38.9 Å². The Morgan fingerprint density at radius 2 is 1.37 bits per heavy atom. The van der Waals surface area contributed by atoms with E-state index in [1.165, 1.54) is 12.1 Å². The summed E-state index contributed by atoms with van der Waals surface area (Å²) in [5, 5.41) is 0. The molecule has 43 heavy (non-hydrogen) atoms. The molecule has 242 valence electrons. The molecule has 2 rings (SSSR count). The van der Waals surface area contributed by atoms with Crippen LogP contribution in [0.2, 0.25) is 0 Å². The van der Waals surface area contributed by atoms with Gasteiger partial charge in [-0.25, -0.2) is 14.4 Å². The number of nitrogens with two attached hydrogens (primary N) is 1. The minimum absolute atomic E-state index is 0.00599. The van der Waals surface area contributed by atoms with Crippen LogP contribution in [0.15, 0.2) is 18.2 Å². The molecule has 12 nitrogen and oxygen atoms in total. The lowest BCUT2D eigenvalue weighted by Crippen LogP contribution is -2.37. The molecule has 2 unspecified atom stereocenters. The number of benzene rings is 1. The summed E-state index contributed by atoms with van der Waals surface area (Å²) >= 11 is 0. The van der Waals surface area contributed by atoms with Gasteiger partial charge >= 0.3 is 24.4 Å². The second-order valence-electron chi connectivity index (χ2n) is 10.9. The lowest BCUT2D eigenvalue weighted by atomic mass is 9.98. The molecule has 1 aromatic carbocycles. The molecule has 4 atom stereocenters. The number of carbonyl (C=O) groups is 4. The van der Waals surface area contributed by atoms with E-state index in [2.05, 4.69) is 0 Å².